The largest absolute Gasteiger partial charge is 0.325 e. The van der Waals surface area contributed by atoms with Crippen LogP contribution < -0.4 is 5.32 Å². The van der Waals surface area contributed by atoms with Crippen LogP contribution in [-0.4, -0.2) is 26.4 Å². The number of hydrogen-bond donors (Lipinski definition) is 1. The Hall–Kier alpha value is -1.83. The molecule has 124 valence electrons. The Balaban J connectivity index is 1.55. The molecule has 5 nitrogen and oxygen atoms in total. The van der Waals surface area contributed by atoms with Crippen molar-refractivity contribution in [2.45, 2.75) is 11.6 Å². The number of anilines is 1. The van der Waals surface area contributed by atoms with Crippen molar-refractivity contribution >= 4 is 46.3 Å². The fourth-order valence-electron chi connectivity index (χ4n) is 2.05. The number of nitrogens with zero attached hydrogens (tertiary/aromatic N) is 3. The molecular weight excluding hydrogens is 364 g/mol. The van der Waals surface area contributed by atoms with Gasteiger partial charge in [-0.2, -0.15) is 0 Å². The molecule has 8 heteroatoms. The number of thiophene rings is 1. The average Bonchev–Trinajstić information content (AvgIpc) is 3.19. The summed E-state index contributed by atoms with van der Waals surface area (Å²) >= 11 is 8.89. The molecular formula is C16H15ClN4OS2. The molecule has 1 N–H and O–H groups in total. The van der Waals surface area contributed by atoms with Crippen molar-refractivity contribution in [3.63, 3.8) is 0 Å². The van der Waals surface area contributed by atoms with Crippen molar-refractivity contribution < 1.29 is 4.79 Å². The Kier molecular flexibility index (Phi) is 5.55. The van der Waals surface area contributed by atoms with Gasteiger partial charge in [-0.15, -0.1) is 21.5 Å². The highest BCUT2D eigenvalue weighted by Crippen LogP contribution is 2.20. The lowest BCUT2D eigenvalue weighted by Crippen LogP contribution is -2.14. The molecule has 0 aliphatic heterocycles. The molecule has 2 aromatic heterocycles. The number of benzene rings is 1. The minimum Gasteiger partial charge on any atom is -0.325 e. The molecule has 0 radical (unpaired) electrons. The number of halogens is 1. The van der Waals surface area contributed by atoms with Crippen LogP contribution in [0.4, 0.5) is 5.69 Å². The van der Waals surface area contributed by atoms with E-state index in [-0.39, 0.29) is 11.7 Å². The zero-order valence-electron chi connectivity index (χ0n) is 12.9. The number of carbonyl (C=O) groups excluding carboxylic acids is 1. The van der Waals surface area contributed by atoms with E-state index < -0.39 is 0 Å². The second-order valence-electron chi connectivity index (χ2n) is 5.06. The van der Waals surface area contributed by atoms with Gasteiger partial charge >= 0.3 is 0 Å². The van der Waals surface area contributed by atoms with E-state index in [0.29, 0.717) is 5.02 Å². The van der Waals surface area contributed by atoms with Gasteiger partial charge < -0.3 is 9.88 Å². The van der Waals surface area contributed by atoms with Crippen LogP contribution in [-0.2, 0) is 18.3 Å². The lowest BCUT2D eigenvalue weighted by Gasteiger charge is -2.05. The first-order valence-electron chi connectivity index (χ1n) is 7.20. The highest BCUT2D eigenvalue weighted by Gasteiger charge is 2.12. The summed E-state index contributed by atoms with van der Waals surface area (Å²) < 4.78 is 1.93. The summed E-state index contributed by atoms with van der Waals surface area (Å²) in [6.07, 6.45) is 0.749. The Morgan fingerprint density at radius 3 is 2.79 bits per heavy atom. The van der Waals surface area contributed by atoms with Crippen molar-refractivity contribution in [2.24, 2.45) is 7.05 Å². The van der Waals surface area contributed by atoms with Gasteiger partial charge in [-0.05, 0) is 35.7 Å². The van der Waals surface area contributed by atoms with Gasteiger partial charge in [0.15, 0.2) is 5.16 Å². The summed E-state index contributed by atoms with van der Waals surface area (Å²) in [4.78, 5) is 13.3. The second kappa shape index (κ2) is 7.83. The van der Waals surface area contributed by atoms with Gasteiger partial charge in [-0.25, -0.2) is 0 Å². The Morgan fingerprint density at radius 2 is 2.08 bits per heavy atom. The van der Waals surface area contributed by atoms with Crippen LogP contribution in [0.1, 0.15) is 10.7 Å². The van der Waals surface area contributed by atoms with Crippen molar-refractivity contribution in [3.8, 4) is 0 Å². The summed E-state index contributed by atoms with van der Waals surface area (Å²) in [5.74, 6) is 1.07. The number of amides is 1. The van der Waals surface area contributed by atoms with Crippen LogP contribution in [0.15, 0.2) is 46.9 Å². The van der Waals surface area contributed by atoms with Gasteiger partial charge in [0.05, 0.1) is 5.75 Å². The molecule has 3 aromatic rings. The molecule has 0 fully saturated rings. The molecule has 0 saturated heterocycles. The predicted molar refractivity (Wildman–Crippen MR) is 98.9 cm³/mol. The van der Waals surface area contributed by atoms with Gasteiger partial charge in [0.25, 0.3) is 0 Å². The number of nitrogens with one attached hydrogen (secondary N) is 1. The number of hydrogen-bond acceptors (Lipinski definition) is 5. The van der Waals surface area contributed by atoms with Crippen molar-refractivity contribution in [1.29, 1.82) is 0 Å². The lowest BCUT2D eigenvalue weighted by molar-refractivity contribution is -0.113. The van der Waals surface area contributed by atoms with Crippen LogP contribution in [0, 0.1) is 0 Å². The van der Waals surface area contributed by atoms with Crippen LogP contribution >= 0.6 is 34.7 Å². The number of rotatable bonds is 6. The van der Waals surface area contributed by atoms with E-state index in [2.05, 4.69) is 21.6 Å². The zero-order chi connectivity index (χ0) is 16.9. The monoisotopic (exact) mass is 378 g/mol. The molecule has 1 aromatic carbocycles. The first-order valence-corrected chi connectivity index (χ1v) is 9.45. The number of thioether (sulfide) groups is 1. The van der Waals surface area contributed by atoms with E-state index >= 15 is 0 Å². The maximum atomic E-state index is 12.0. The highest BCUT2D eigenvalue weighted by atomic mass is 35.5. The van der Waals surface area contributed by atoms with E-state index in [4.69, 9.17) is 11.6 Å². The predicted octanol–water partition coefficient (Wildman–Crippen LogP) is 3.85. The smallest absolute Gasteiger partial charge is 0.234 e. The Labute approximate surface area is 153 Å². The molecule has 0 atom stereocenters. The maximum Gasteiger partial charge on any atom is 0.234 e. The molecule has 24 heavy (non-hydrogen) atoms. The average molecular weight is 379 g/mol. The third kappa shape index (κ3) is 4.37. The molecule has 3 rings (SSSR count). The normalized spacial score (nSPS) is 10.8. The minimum absolute atomic E-state index is 0.0925. The number of carbonyl (C=O) groups is 1. The summed E-state index contributed by atoms with van der Waals surface area (Å²) in [6, 6.07) is 11.1. The van der Waals surface area contributed by atoms with E-state index in [1.807, 2.05) is 23.1 Å². The molecule has 0 aliphatic carbocycles. The second-order valence-corrected chi connectivity index (χ2v) is 7.47. The molecule has 0 spiro atoms. The van der Waals surface area contributed by atoms with Crippen LogP contribution in [0.3, 0.4) is 0 Å². The fraction of sp³-hybridized carbons (Fsp3) is 0.188. The van der Waals surface area contributed by atoms with Gasteiger partial charge in [0.2, 0.25) is 5.91 Å². The summed E-state index contributed by atoms with van der Waals surface area (Å²) in [6.45, 7) is 0. The Morgan fingerprint density at radius 1 is 1.29 bits per heavy atom. The zero-order valence-corrected chi connectivity index (χ0v) is 15.3. The lowest BCUT2D eigenvalue weighted by atomic mass is 10.3. The van der Waals surface area contributed by atoms with Crippen LogP contribution in [0.25, 0.3) is 0 Å². The van der Waals surface area contributed by atoms with E-state index in [9.17, 15) is 4.79 Å². The van der Waals surface area contributed by atoms with E-state index in [0.717, 1.165) is 23.1 Å². The Bertz CT molecular complexity index is 815. The van der Waals surface area contributed by atoms with E-state index in [1.165, 1.54) is 16.6 Å². The van der Waals surface area contributed by atoms with Crippen molar-refractivity contribution in [3.05, 3.63) is 57.5 Å². The van der Waals surface area contributed by atoms with Crippen LogP contribution in [0.5, 0.6) is 0 Å². The quantitative estimate of drug-likeness (QED) is 0.662. The summed E-state index contributed by atoms with van der Waals surface area (Å²) in [7, 11) is 1.92. The first kappa shape index (κ1) is 17.0. The molecule has 2 heterocycles. The van der Waals surface area contributed by atoms with Crippen LogP contribution in [0.2, 0.25) is 5.02 Å². The van der Waals surface area contributed by atoms with Gasteiger partial charge in [-0.1, -0.05) is 29.4 Å². The SMILES string of the molecule is Cn1c(Cc2cccs2)nnc1SCC(=O)Nc1ccc(Cl)cc1. The highest BCUT2D eigenvalue weighted by molar-refractivity contribution is 7.99. The molecule has 0 unspecified atom stereocenters. The summed E-state index contributed by atoms with van der Waals surface area (Å²) in [5.41, 5.74) is 0.723. The first-order chi connectivity index (χ1) is 11.6. The fourth-order valence-corrected chi connectivity index (χ4v) is 3.61. The van der Waals surface area contributed by atoms with Gasteiger partial charge in [-0.3, -0.25) is 4.79 Å². The topological polar surface area (TPSA) is 59.8 Å². The number of aromatic nitrogens is 3. The molecule has 0 saturated carbocycles. The molecule has 1 amide bonds. The summed E-state index contributed by atoms with van der Waals surface area (Å²) in [5, 5.41) is 14.6. The van der Waals surface area contributed by atoms with Gasteiger partial charge in [0.1, 0.15) is 5.82 Å². The van der Waals surface area contributed by atoms with Crippen molar-refractivity contribution in [2.75, 3.05) is 11.1 Å². The van der Waals surface area contributed by atoms with E-state index in [1.54, 1.807) is 35.6 Å². The standard InChI is InChI=1S/C16H15ClN4OS2/c1-21-14(9-13-3-2-8-23-13)19-20-16(21)24-10-15(22)18-12-6-4-11(17)5-7-12/h2-8H,9-10H2,1H3,(H,18,22). The maximum absolute atomic E-state index is 12.0. The molecule has 0 aliphatic rings. The van der Waals surface area contributed by atoms with Crippen molar-refractivity contribution in [1.82, 2.24) is 14.8 Å². The van der Waals surface area contributed by atoms with Gasteiger partial charge in [0, 0.05) is 29.1 Å². The third-order valence-corrected chi connectivity index (χ3v) is 5.45. The molecule has 0 bridgehead atoms. The minimum atomic E-state index is -0.0925. The third-order valence-electron chi connectivity index (χ3n) is 3.30.